The monoisotopic (exact) mass is 251 g/mol. The molecule has 0 aromatic heterocycles. The fraction of sp³-hybridized carbons (Fsp3) is 0.0769. The third-order valence-corrected chi connectivity index (χ3v) is 3.22. The van der Waals surface area contributed by atoms with Gasteiger partial charge in [-0.25, -0.2) is 0 Å². The lowest BCUT2D eigenvalue weighted by Crippen LogP contribution is -1.96. The zero-order valence-electron chi connectivity index (χ0n) is 8.53. The maximum absolute atomic E-state index is 6.37. The van der Waals surface area contributed by atoms with Gasteiger partial charge in [0.25, 0.3) is 0 Å². The van der Waals surface area contributed by atoms with Gasteiger partial charge in [0.1, 0.15) is 0 Å². The standard InChI is InChI=1S/C13H11Cl2N/c14-12-7-6-10(16)8-11(12)13(15)9-4-2-1-3-5-9/h1-8,13H,16H2/t13-/m1/s1. The second-order valence-corrected chi connectivity index (χ2v) is 4.40. The first kappa shape index (κ1) is 11.3. The minimum Gasteiger partial charge on any atom is -0.399 e. The van der Waals surface area contributed by atoms with Gasteiger partial charge in [-0.3, -0.25) is 0 Å². The highest BCUT2D eigenvalue weighted by molar-refractivity contribution is 6.33. The predicted octanol–water partition coefficient (Wildman–Crippen LogP) is 4.25. The summed E-state index contributed by atoms with van der Waals surface area (Å²) in [5.41, 5.74) is 8.25. The lowest BCUT2D eigenvalue weighted by molar-refractivity contribution is 1.14. The number of alkyl halides is 1. The molecule has 2 N–H and O–H groups in total. The van der Waals surface area contributed by atoms with Crippen molar-refractivity contribution in [1.82, 2.24) is 0 Å². The highest BCUT2D eigenvalue weighted by Crippen LogP contribution is 2.34. The van der Waals surface area contributed by atoms with Crippen molar-refractivity contribution >= 4 is 28.9 Å². The molecule has 2 aromatic carbocycles. The Balaban J connectivity index is 2.41. The Morgan fingerprint density at radius 2 is 1.69 bits per heavy atom. The number of benzene rings is 2. The Kier molecular flexibility index (Phi) is 3.37. The highest BCUT2D eigenvalue weighted by Gasteiger charge is 2.13. The van der Waals surface area contributed by atoms with E-state index in [1.54, 1.807) is 12.1 Å². The van der Waals surface area contributed by atoms with E-state index < -0.39 is 0 Å². The van der Waals surface area contributed by atoms with E-state index in [-0.39, 0.29) is 5.38 Å². The molecule has 0 amide bonds. The molecule has 1 atom stereocenters. The summed E-state index contributed by atoms with van der Waals surface area (Å²) in [6, 6.07) is 15.1. The van der Waals surface area contributed by atoms with E-state index in [9.17, 15) is 0 Å². The van der Waals surface area contributed by atoms with Gasteiger partial charge in [0.05, 0.1) is 5.38 Å². The van der Waals surface area contributed by atoms with Crippen LogP contribution in [0.4, 0.5) is 5.69 Å². The van der Waals surface area contributed by atoms with Crippen molar-refractivity contribution in [3.8, 4) is 0 Å². The minimum absolute atomic E-state index is 0.266. The number of nitrogen functional groups attached to an aromatic ring is 1. The summed E-state index contributed by atoms with van der Waals surface area (Å²) in [6.45, 7) is 0. The van der Waals surface area contributed by atoms with Crippen LogP contribution in [-0.4, -0.2) is 0 Å². The molecule has 0 saturated heterocycles. The molecule has 0 radical (unpaired) electrons. The van der Waals surface area contributed by atoms with Crippen molar-refractivity contribution in [2.45, 2.75) is 5.38 Å². The Hall–Kier alpha value is -1.18. The van der Waals surface area contributed by atoms with Gasteiger partial charge in [0, 0.05) is 10.7 Å². The smallest absolute Gasteiger partial charge is 0.0850 e. The molecule has 2 rings (SSSR count). The molecule has 0 spiro atoms. The van der Waals surface area contributed by atoms with Crippen molar-refractivity contribution < 1.29 is 0 Å². The van der Waals surface area contributed by atoms with Crippen molar-refractivity contribution in [2.24, 2.45) is 0 Å². The summed E-state index contributed by atoms with van der Waals surface area (Å²) in [6.07, 6.45) is 0. The topological polar surface area (TPSA) is 26.0 Å². The maximum Gasteiger partial charge on any atom is 0.0850 e. The molecule has 0 fully saturated rings. The van der Waals surface area contributed by atoms with Crippen molar-refractivity contribution in [2.75, 3.05) is 5.73 Å². The van der Waals surface area contributed by atoms with E-state index in [0.29, 0.717) is 10.7 Å². The summed E-state index contributed by atoms with van der Waals surface area (Å²) in [4.78, 5) is 0. The lowest BCUT2D eigenvalue weighted by atomic mass is 10.0. The molecule has 0 aliphatic rings. The molecule has 0 aliphatic carbocycles. The van der Waals surface area contributed by atoms with Crippen molar-refractivity contribution in [3.05, 3.63) is 64.7 Å². The van der Waals surface area contributed by atoms with Crippen LogP contribution < -0.4 is 5.73 Å². The molecule has 3 heteroatoms. The Morgan fingerprint density at radius 3 is 2.38 bits per heavy atom. The molecule has 1 nitrogen and oxygen atoms in total. The lowest BCUT2D eigenvalue weighted by Gasteiger charge is -2.12. The largest absolute Gasteiger partial charge is 0.399 e. The quantitative estimate of drug-likeness (QED) is 0.627. The molecular weight excluding hydrogens is 241 g/mol. The first-order chi connectivity index (χ1) is 7.68. The van der Waals surface area contributed by atoms with Gasteiger partial charge in [-0.1, -0.05) is 41.9 Å². The minimum atomic E-state index is -0.266. The Morgan fingerprint density at radius 1 is 1.00 bits per heavy atom. The first-order valence-electron chi connectivity index (χ1n) is 4.92. The molecular formula is C13H11Cl2N. The normalized spacial score (nSPS) is 12.4. The molecule has 0 saturated carbocycles. The number of hydrogen-bond donors (Lipinski definition) is 1. The third kappa shape index (κ3) is 2.31. The summed E-state index contributed by atoms with van der Waals surface area (Å²) >= 11 is 12.5. The van der Waals surface area contributed by atoms with Crippen LogP contribution in [0.1, 0.15) is 16.5 Å². The van der Waals surface area contributed by atoms with Gasteiger partial charge in [-0.2, -0.15) is 0 Å². The summed E-state index contributed by atoms with van der Waals surface area (Å²) < 4.78 is 0. The fourth-order valence-corrected chi connectivity index (χ4v) is 2.17. The van der Waals surface area contributed by atoms with Crippen LogP contribution in [0.3, 0.4) is 0 Å². The number of nitrogens with two attached hydrogens (primary N) is 1. The molecule has 16 heavy (non-hydrogen) atoms. The van der Waals surface area contributed by atoms with Crippen LogP contribution in [0.2, 0.25) is 5.02 Å². The third-order valence-electron chi connectivity index (χ3n) is 2.39. The second kappa shape index (κ2) is 4.77. The molecule has 2 aromatic rings. The summed E-state index contributed by atoms with van der Waals surface area (Å²) in [5.74, 6) is 0. The number of anilines is 1. The van der Waals surface area contributed by atoms with E-state index in [4.69, 9.17) is 28.9 Å². The Bertz CT molecular complexity index is 483. The molecule has 82 valence electrons. The van der Waals surface area contributed by atoms with Crippen molar-refractivity contribution in [3.63, 3.8) is 0 Å². The zero-order chi connectivity index (χ0) is 11.5. The SMILES string of the molecule is Nc1ccc(Cl)c([C@H](Cl)c2ccccc2)c1. The average Bonchev–Trinajstić information content (AvgIpc) is 2.32. The highest BCUT2D eigenvalue weighted by atomic mass is 35.5. The Labute approximate surface area is 105 Å². The van der Waals surface area contributed by atoms with E-state index in [1.165, 1.54) is 0 Å². The number of hydrogen-bond acceptors (Lipinski definition) is 1. The maximum atomic E-state index is 6.37. The fourth-order valence-electron chi connectivity index (χ4n) is 1.56. The predicted molar refractivity (Wildman–Crippen MR) is 70.0 cm³/mol. The molecule has 0 heterocycles. The zero-order valence-corrected chi connectivity index (χ0v) is 10.0. The van der Waals surface area contributed by atoms with Crippen LogP contribution in [0.5, 0.6) is 0 Å². The summed E-state index contributed by atoms with van der Waals surface area (Å²) in [5, 5.41) is 0.371. The molecule has 0 aliphatic heterocycles. The van der Waals surface area contributed by atoms with Crippen LogP contribution in [-0.2, 0) is 0 Å². The number of halogens is 2. The van der Waals surface area contributed by atoms with Gasteiger partial charge in [-0.15, -0.1) is 11.6 Å². The first-order valence-corrected chi connectivity index (χ1v) is 5.74. The number of rotatable bonds is 2. The van der Waals surface area contributed by atoms with E-state index in [0.717, 1.165) is 11.1 Å². The molecule has 0 unspecified atom stereocenters. The summed E-state index contributed by atoms with van der Waals surface area (Å²) in [7, 11) is 0. The van der Waals surface area contributed by atoms with Gasteiger partial charge in [-0.05, 0) is 29.3 Å². The van der Waals surface area contributed by atoms with E-state index in [2.05, 4.69) is 0 Å². The van der Waals surface area contributed by atoms with Crippen LogP contribution in [0.25, 0.3) is 0 Å². The van der Waals surface area contributed by atoms with Crippen molar-refractivity contribution in [1.29, 1.82) is 0 Å². The van der Waals surface area contributed by atoms with Gasteiger partial charge in [0.2, 0.25) is 0 Å². The van der Waals surface area contributed by atoms with Gasteiger partial charge < -0.3 is 5.73 Å². The van der Waals surface area contributed by atoms with E-state index in [1.807, 2.05) is 36.4 Å². The average molecular weight is 252 g/mol. The molecule has 0 bridgehead atoms. The second-order valence-electron chi connectivity index (χ2n) is 3.55. The van der Waals surface area contributed by atoms with Gasteiger partial charge in [0.15, 0.2) is 0 Å². The van der Waals surface area contributed by atoms with Crippen LogP contribution >= 0.6 is 23.2 Å². The van der Waals surface area contributed by atoms with E-state index >= 15 is 0 Å². The van der Waals surface area contributed by atoms with Crippen LogP contribution in [0, 0.1) is 0 Å². The van der Waals surface area contributed by atoms with Gasteiger partial charge >= 0.3 is 0 Å². The van der Waals surface area contributed by atoms with Crippen LogP contribution in [0.15, 0.2) is 48.5 Å².